The Hall–Kier alpha value is -1.96. The Morgan fingerprint density at radius 1 is 1.28 bits per heavy atom. The standard InChI is InChI=1S/C18H20BrN3O3/c19-15-5-6-17(18(9-15)22(24)25)20-10-16(23)12-21-8-7-13-3-1-2-4-14(13)11-21/h1-6,9,16,20,23H,7-8,10-12H2. The van der Waals surface area contributed by atoms with Gasteiger partial charge in [0.15, 0.2) is 0 Å². The molecule has 1 heterocycles. The van der Waals surface area contributed by atoms with Crippen LogP contribution in [0.25, 0.3) is 0 Å². The van der Waals surface area contributed by atoms with Crippen molar-refractivity contribution >= 4 is 27.3 Å². The molecule has 0 radical (unpaired) electrons. The minimum Gasteiger partial charge on any atom is -0.390 e. The third-order valence-corrected chi connectivity index (χ3v) is 4.86. The maximum Gasteiger partial charge on any atom is 0.293 e. The summed E-state index contributed by atoms with van der Waals surface area (Å²) in [6, 6.07) is 13.2. The summed E-state index contributed by atoms with van der Waals surface area (Å²) in [5.41, 5.74) is 3.08. The van der Waals surface area contributed by atoms with Crippen LogP contribution in [0.15, 0.2) is 46.9 Å². The van der Waals surface area contributed by atoms with Crippen LogP contribution >= 0.6 is 15.9 Å². The molecule has 3 rings (SSSR count). The van der Waals surface area contributed by atoms with Gasteiger partial charge < -0.3 is 10.4 Å². The van der Waals surface area contributed by atoms with Crippen molar-refractivity contribution in [3.63, 3.8) is 0 Å². The van der Waals surface area contributed by atoms with Crippen molar-refractivity contribution in [1.29, 1.82) is 0 Å². The lowest BCUT2D eigenvalue weighted by atomic mass is 10.00. The van der Waals surface area contributed by atoms with E-state index >= 15 is 0 Å². The zero-order valence-electron chi connectivity index (χ0n) is 13.7. The number of rotatable bonds is 6. The molecule has 0 fully saturated rings. The molecule has 25 heavy (non-hydrogen) atoms. The van der Waals surface area contributed by atoms with Crippen LogP contribution in [0.4, 0.5) is 11.4 Å². The van der Waals surface area contributed by atoms with Gasteiger partial charge in [-0.2, -0.15) is 0 Å². The molecule has 1 aliphatic rings. The molecule has 1 unspecified atom stereocenters. The fraction of sp³-hybridized carbons (Fsp3) is 0.333. The summed E-state index contributed by atoms with van der Waals surface area (Å²) in [6.45, 7) is 2.53. The van der Waals surface area contributed by atoms with Crippen LogP contribution in [0.3, 0.4) is 0 Å². The highest BCUT2D eigenvalue weighted by atomic mass is 79.9. The molecule has 0 bridgehead atoms. The monoisotopic (exact) mass is 405 g/mol. The first-order valence-corrected chi connectivity index (χ1v) is 8.97. The van der Waals surface area contributed by atoms with E-state index in [9.17, 15) is 15.2 Å². The van der Waals surface area contributed by atoms with Crippen LogP contribution < -0.4 is 5.32 Å². The smallest absolute Gasteiger partial charge is 0.293 e. The average Bonchev–Trinajstić information content (AvgIpc) is 2.60. The second-order valence-corrected chi connectivity index (χ2v) is 7.12. The van der Waals surface area contributed by atoms with Gasteiger partial charge >= 0.3 is 0 Å². The number of anilines is 1. The molecule has 7 heteroatoms. The maximum absolute atomic E-state index is 11.1. The first kappa shape index (κ1) is 17.8. The molecule has 0 spiro atoms. The summed E-state index contributed by atoms with van der Waals surface area (Å²) in [6.07, 6.45) is 0.377. The van der Waals surface area contributed by atoms with Gasteiger partial charge in [-0.15, -0.1) is 0 Å². The van der Waals surface area contributed by atoms with Gasteiger partial charge in [-0.1, -0.05) is 40.2 Å². The van der Waals surface area contributed by atoms with Crippen molar-refractivity contribution in [3.05, 3.63) is 68.2 Å². The molecule has 2 aromatic rings. The fourth-order valence-electron chi connectivity index (χ4n) is 3.11. The predicted octanol–water partition coefficient (Wildman–Crippen LogP) is 3.19. The highest BCUT2D eigenvalue weighted by molar-refractivity contribution is 9.10. The minimum atomic E-state index is -0.603. The average molecular weight is 406 g/mol. The molecule has 132 valence electrons. The van der Waals surface area contributed by atoms with Crippen molar-refractivity contribution in [2.45, 2.75) is 19.1 Å². The number of β-amino-alcohol motifs (C(OH)–C–C–N with tert-alkyl or cyclic N) is 1. The zero-order valence-corrected chi connectivity index (χ0v) is 15.3. The predicted molar refractivity (Wildman–Crippen MR) is 101 cm³/mol. The minimum absolute atomic E-state index is 0.00604. The van der Waals surface area contributed by atoms with E-state index in [-0.39, 0.29) is 12.2 Å². The number of aliphatic hydroxyl groups is 1. The molecular weight excluding hydrogens is 386 g/mol. The van der Waals surface area contributed by atoms with E-state index in [4.69, 9.17) is 0 Å². The lowest BCUT2D eigenvalue weighted by molar-refractivity contribution is -0.384. The molecule has 2 N–H and O–H groups in total. The van der Waals surface area contributed by atoms with Crippen LogP contribution in [0.1, 0.15) is 11.1 Å². The molecule has 0 aromatic heterocycles. The highest BCUT2D eigenvalue weighted by Crippen LogP contribution is 2.28. The number of nitro benzene ring substituents is 1. The number of benzene rings is 2. The Bertz CT molecular complexity index is 769. The lowest BCUT2D eigenvalue weighted by Crippen LogP contribution is -2.39. The molecule has 0 saturated carbocycles. The first-order valence-electron chi connectivity index (χ1n) is 8.18. The summed E-state index contributed by atoms with van der Waals surface area (Å²) >= 11 is 3.24. The zero-order chi connectivity index (χ0) is 17.8. The van der Waals surface area contributed by atoms with Gasteiger partial charge in [0.1, 0.15) is 5.69 Å². The molecule has 6 nitrogen and oxygen atoms in total. The van der Waals surface area contributed by atoms with E-state index in [1.54, 1.807) is 12.1 Å². The Balaban J connectivity index is 1.56. The third-order valence-electron chi connectivity index (χ3n) is 4.36. The highest BCUT2D eigenvalue weighted by Gasteiger charge is 2.19. The van der Waals surface area contributed by atoms with E-state index < -0.39 is 11.0 Å². The van der Waals surface area contributed by atoms with Crippen molar-refractivity contribution in [2.75, 3.05) is 25.0 Å². The van der Waals surface area contributed by atoms with E-state index in [2.05, 4.69) is 44.3 Å². The third kappa shape index (κ3) is 4.56. The quantitative estimate of drug-likeness (QED) is 0.569. The molecule has 1 aliphatic heterocycles. The number of halogens is 1. The fourth-order valence-corrected chi connectivity index (χ4v) is 3.45. The van der Waals surface area contributed by atoms with Crippen LogP contribution in [0.2, 0.25) is 0 Å². The SMILES string of the molecule is O=[N+]([O-])c1cc(Br)ccc1NCC(O)CN1CCc2ccccc2C1. The molecular formula is C18H20BrN3O3. The molecule has 0 saturated heterocycles. The molecule has 0 aliphatic carbocycles. The second kappa shape index (κ2) is 7.95. The van der Waals surface area contributed by atoms with Gasteiger partial charge in [0.05, 0.1) is 11.0 Å². The van der Waals surface area contributed by atoms with Gasteiger partial charge in [-0.3, -0.25) is 15.0 Å². The van der Waals surface area contributed by atoms with E-state index in [1.807, 2.05) is 6.07 Å². The molecule has 0 amide bonds. The number of hydrogen-bond donors (Lipinski definition) is 2. The van der Waals surface area contributed by atoms with E-state index in [0.717, 1.165) is 19.5 Å². The number of nitro groups is 1. The van der Waals surface area contributed by atoms with Gasteiger partial charge in [0.25, 0.3) is 5.69 Å². The Kier molecular flexibility index (Phi) is 5.67. The number of fused-ring (bicyclic) bond motifs is 1. The van der Waals surface area contributed by atoms with E-state index in [0.29, 0.717) is 16.7 Å². The van der Waals surface area contributed by atoms with Crippen LogP contribution in [0.5, 0.6) is 0 Å². The van der Waals surface area contributed by atoms with Crippen molar-refractivity contribution in [3.8, 4) is 0 Å². The topological polar surface area (TPSA) is 78.6 Å². The number of hydrogen-bond acceptors (Lipinski definition) is 5. The first-order chi connectivity index (χ1) is 12.0. The normalized spacial score (nSPS) is 15.4. The molecule has 1 atom stereocenters. The Morgan fingerprint density at radius 3 is 2.80 bits per heavy atom. The van der Waals surface area contributed by atoms with Gasteiger partial charge in [-0.25, -0.2) is 0 Å². The number of nitrogens with one attached hydrogen (secondary N) is 1. The van der Waals surface area contributed by atoms with Gasteiger partial charge in [0.2, 0.25) is 0 Å². The summed E-state index contributed by atoms with van der Waals surface area (Å²) < 4.78 is 0.650. The van der Waals surface area contributed by atoms with E-state index in [1.165, 1.54) is 17.2 Å². The maximum atomic E-state index is 11.1. The van der Waals surface area contributed by atoms with Gasteiger partial charge in [0, 0.05) is 36.7 Å². The van der Waals surface area contributed by atoms with Crippen molar-refractivity contribution in [1.82, 2.24) is 4.90 Å². The Morgan fingerprint density at radius 2 is 2.04 bits per heavy atom. The summed E-state index contributed by atoms with van der Waals surface area (Å²) in [5.74, 6) is 0. The summed E-state index contributed by atoms with van der Waals surface area (Å²) in [7, 11) is 0. The van der Waals surface area contributed by atoms with Crippen molar-refractivity contribution in [2.24, 2.45) is 0 Å². The van der Waals surface area contributed by atoms with Crippen molar-refractivity contribution < 1.29 is 10.0 Å². The summed E-state index contributed by atoms with van der Waals surface area (Å²) in [5, 5.41) is 24.4. The summed E-state index contributed by atoms with van der Waals surface area (Å²) in [4.78, 5) is 12.9. The lowest BCUT2D eigenvalue weighted by Gasteiger charge is -2.30. The number of aliphatic hydroxyl groups excluding tert-OH is 1. The van der Waals surface area contributed by atoms with Crippen LogP contribution in [-0.2, 0) is 13.0 Å². The molecule has 2 aromatic carbocycles. The van der Waals surface area contributed by atoms with Crippen LogP contribution in [0, 0.1) is 10.1 Å². The van der Waals surface area contributed by atoms with Gasteiger partial charge in [-0.05, 0) is 29.7 Å². The largest absolute Gasteiger partial charge is 0.390 e. The number of nitrogens with zero attached hydrogens (tertiary/aromatic N) is 2. The van der Waals surface area contributed by atoms with Crippen LogP contribution in [-0.4, -0.2) is 40.7 Å². The second-order valence-electron chi connectivity index (χ2n) is 6.21. The Labute approximate surface area is 154 Å².